The van der Waals surface area contributed by atoms with E-state index in [2.05, 4.69) is 10.3 Å². The standard InChI is InChI=1S/C18H16ClN3O3/c1-25-11-3-5-15-13(9-11)12-6-7-20-17(18(12)21-15)10-2-4-14(19)16(8-10)22(23)24/h2-5,8-9,17,20-21H,6-7H2,1H3/t17-/m1/s1. The molecule has 3 aromatic rings. The number of benzene rings is 2. The van der Waals surface area contributed by atoms with Crippen LogP contribution in [0.4, 0.5) is 5.69 Å². The third kappa shape index (κ3) is 2.63. The molecule has 0 fully saturated rings. The van der Waals surface area contributed by atoms with Crippen LogP contribution < -0.4 is 10.1 Å². The van der Waals surface area contributed by atoms with E-state index in [1.54, 1.807) is 19.2 Å². The molecule has 0 saturated carbocycles. The Morgan fingerprint density at radius 1 is 1.28 bits per heavy atom. The van der Waals surface area contributed by atoms with Gasteiger partial charge in [-0.1, -0.05) is 17.7 Å². The van der Waals surface area contributed by atoms with Gasteiger partial charge in [-0.25, -0.2) is 0 Å². The number of nitro groups is 1. The molecule has 0 unspecified atom stereocenters. The summed E-state index contributed by atoms with van der Waals surface area (Å²) in [6.07, 6.45) is 0.884. The van der Waals surface area contributed by atoms with Crippen molar-refractivity contribution in [2.45, 2.75) is 12.5 Å². The van der Waals surface area contributed by atoms with Crippen LogP contribution >= 0.6 is 11.6 Å². The molecular formula is C18H16ClN3O3. The Labute approximate surface area is 148 Å². The van der Waals surface area contributed by atoms with Gasteiger partial charge in [0.25, 0.3) is 5.69 Å². The molecule has 1 aliphatic heterocycles. The van der Waals surface area contributed by atoms with Gasteiger partial charge in [0, 0.05) is 29.2 Å². The Balaban J connectivity index is 1.85. The summed E-state index contributed by atoms with van der Waals surface area (Å²) < 4.78 is 5.33. The number of rotatable bonds is 3. The first-order valence-corrected chi connectivity index (χ1v) is 8.32. The highest BCUT2D eigenvalue weighted by Crippen LogP contribution is 2.37. The van der Waals surface area contributed by atoms with E-state index in [1.807, 2.05) is 24.3 Å². The van der Waals surface area contributed by atoms with Crippen molar-refractivity contribution in [2.75, 3.05) is 13.7 Å². The van der Waals surface area contributed by atoms with E-state index < -0.39 is 4.92 Å². The first-order valence-electron chi connectivity index (χ1n) is 7.94. The van der Waals surface area contributed by atoms with Gasteiger partial charge in [-0.15, -0.1) is 0 Å². The minimum Gasteiger partial charge on any atom is -0.497 e. The topological polar surface area (TPSA) is 80.2 Å². The van der Waals surface area contributed by atoms with Crippen molar-refractivity contribution in [1.82, 2.24) is 10.3 Å². The number of nitrogens with zero attached hydrogens (tertiary/aromatic N) is 1. The number of hydrogen-bond acceptors (Lipinski definition) is 4. The molecule has 0 bridgehead atoms. The fraction of sp³-hybridized carbons (Fsp3) is 0.222. The first-order chi connectivity index (χ1) is 12.1. The van der Waals surface area contributed by atoms with Gasteiger partial charge < -0.3 is 15.0 Å². The molecule has 25 heavy (non-hydrogen) atoms. The molecule has 2 heterocycles. The van der Waals surface area contributed by atoms with Crippen LogP contribution in [0.15, 0.2) is 36.4 Å². The zero-order valence-electron chi connectivity index (χ0n) is 13.5. The van der Waals surface area contributed by atoms with Gasteiger partial charge in [0.2, 0.25) is 0 Å². The quantitative estimate of drug-likeness (QED) is 0.549. The van der Waals surface area contributed by atoms with Crippen molar-refractivity contribution >= 4 is 28.2 Å². The van der Waals surface area contributed by atoms with Crippen molar-refractivity contribution < 1.29 is 9.66 Å². The van der Waals surface area contributed by atoms with Gasteiger partial charge in [-0.2, -0.15) is 0 Å². The van der Waals surface area contributed by atoms with E-state index in [9.17, 15) is 10.1 Å². The van der Waals surface area contributed by atoms with Crippen molar-refractivity contribution in [3.8, 4) is 5.75 Å². The number of aromatic nitrogens is 1. The van der Waals surface area contributed by atoms with Gasteiger partial charge in [0.1, 0.15) is 10.8 Å². The monoisotopic (exact) mass is 357 g/mol. The van der Waals surface area contributed by atoms with Crippen LogP contribution in [-0.2, 0) is 6.42 Å². The number of methoxy groups -OCH3 is 1. The maximum Gasteiger partial charge on any atom is 0.288 e. The van der Waals surface area contributed by atoms with Gasteiger partial charge in [-0.05, 0) is 41.8 Å². The summed E-state index contributed by atoms with van der Waals surface area (Å²) in [6, 6.07) is 10.7. The SMILES string of the molecule is COc1ccc2[nH]c3c(c2c1)CCN[C@@H]3c1ccc(Cl)c([N+](=O)[O-])c1. The van der Waals surface area contributed by atoms with E-state index in [0.29, 0.717) is 0 Å². The number of nitro benzene ring substituents is 1. The number of ether oxygens (including phenoxy) is 1. The summed E-state index contributed by atoms with van der Waals surface area (Å²) in [4.78, 5) is 14.2. The van der Waals surface area contributed by atoms with E-state index >= 15 is 0 Å². The number of halogens is 1. The van der Waals surface area contributed by atoms with Gasteiger partial charge in [0.15, 0.2) is 0 Å². The lowest BCUT2D eigenvalue weighted by molar-refractivity contribution is -0.384. The molecule has 7 heteroatoms. The second-order valence-corrected chi connectivity index (χ2v) is 6.44. The zero-order valence-corrected chi connectivity index (χ0v) is 14.3. The highest BCUT2D eigenvalue weighted by atomic mass is 35.5. The summed E-state index contributed by atoms with van der Waals surface area (Å²) in [5.41, 5.74) is 4.02. The number of fused-ring (bicyclic) bond motifs is 3. The Bertz CT molecular complexity index is 983. The van der Waals surface area contributed by atoms with E-state index in [-0.39, 0.29) is 16.8 Å². The first kappa shape index (κ1) is 15.9. The molecule has 0 amide bonds. The zero-order chi connectivity index (χ0) is 17.6. The average molecular weight is 358 g/mol. The second kappa shape index (κ2) is 6.06. The van der Waals surface area contributed by atoms with Crippen LogP contribution in [-0.4, -0.2) is 23.6 Å². The summed E-state index contributed by atoms with van der Waals surface area (Å²) in [6.45, 7) is 0.790. The van der Waals surface area contributed by atoms with Gasteiger partial charge in [-0.3, -0.25) is 10.1 Å². The van der Waals surface area contributed by atoms with Crippen LogP contribution in [0.3, 0.4) is 0 Å². The molecule has 1 aliphatic rings. The molecular weight excluding hydrogens is 342 g/mol. The lowest BCUT2D eigenvalue weighted by atomic mass is 9.94. The van der Waals surface area contributed by atoms with Crippen LogP contribution in [0.5, 0.6) is 5.75 Å². The Morgan fingerprint density at radius 2 is 2.12 bits per heavy atom. The number of aromatic amines is 1. The van der Waals surface area contributed by atoms with E-state index in [0.717, 1.165) is 40.9 Å². The van der Waals surface area contributed by atoms with Crippen LogP contribution in [0.2, 0.25) is 5.02 Å². The molecule has 4 rings (SSSR count). The lowest BCUT2D eigenvalue weighted by Crippen LogP contribution is -2.30. The minimum atomic E-state index is -0.453. The fourth-order valence-electron chi connectivity index (χ4n) is 3.47. The van der Waals surface area contributed by atoms with Crippen LogP contribution in [0.1, 0.15) is 22.9 Å². The van der Waals surface area contributed by atoms with Crippen molar-refractivity contribution in [2.24, 2.45) is 0 Å². The molecule has 128 valence electrons. The molecule has 0 saturated heterocycles. The molecule has 6 nitrogen and oxygen atoms in total. The average Bonchev–Trinajstić information content (AvgIpc) is 2.99. The fourth-order valence-corrected chi connectivity index (χ4v) is 3.65. The Kier molecular flexibility index (Phi) is 3.86. The molecule has 0 radical (unpaired) electrons. The smallest absolute Gasteiger partial charge is 0.288 e. The predicted molar refractivity (Wildman–Crippen MR) is 96.5 cm³/mol. The minimum absolute atomic E-state index is 0.0779. The maximum absolute atomic E-state index is 11.2. The summed E-state index contributed by atoms with van der Waals surface area (Å²) >= 11 is 5.94. The second-order valence-electron chi connectivity index (χ2n) is 6.03. The molecule has 2 N–H and O–H groups in total. The van der Waals surface area contributed by atoms with Gasteiger partial charge >= 0.3 is 0 Å². The van der Waals surface area contributed by atoms with Gasteiger partial charge in [0.05, 0.1) is 18.1 Å². The molecule has 2 aromatic carbocycles. The van der Waals surface area contributed by atoms with Crippen molar-refractivity contribution in [3.63, 3.8) is 0 Å². The summed E-state index contributed by atoms with van der Waals surface area (Å²) in [5, 5.41) is 15.9. The molecule has 1 atom stereocenters. The number of hydrogen-bond donors (Lipinski definition) is 2. The highest BCUT2D eigenvalue weighted by molar-refractivity contribution is 6.32. The van der Waals surface area contributed by atoms with E-state index in [4.69, 9.17) is 16.3 Å². The molecule has 0 spiro atoms. The highest BCUT2D eigenvalue weighted by Gasteiger charge is 2.27. The van der Waals surface area contributed by atoms with Crippen molar-refractivity contribution in [3.05, 3.63) is 68.4 Å². The molecule has 0 aliphatic carbocycles. The summed E-state index contributed by atoms with van der Waals surface area (Å²) in [7, 11) is 1.65. The van der Waals surface area contributed by atoms with Crippen LogP contribution in [0.25, 0.3) is 10.9 Å². The predicted octanol–water partition coefficient (Wildman–Crippen LogP) is 3.97. The number of nitrogens with one attached hydrogen (secondary N) is 2. The largest absolute Gasteiger partial charge is 0.497 e. The third-order valence-electron chi connectivity index (χ3n) is 4.66. The normalized spacial score (nSPS) is 16.6. The van der Waals surface area contributed by atoms with E-state index in [1.165, 1.54) is 5.56 Å². The Morgan fingerprint density at radius 3 is 2.88 bits per heavy atom. The van der Waals surface area contributed by atoms with Crippen molar-refractivity contribution in [1.29, 1.82) is 0 Å². The lowest BCUT2D eigenvalue weighted by Gasteiger charge is -2.24. The molecule has 1 aromatic heterocycles. The number of H-pyrrole nitrogens is 1. The van der Waals surface area contributed by atoms with Crippen LogP contribution in [0, 0.1) is 10.1 Å². The summed E-state index contributed by atoms with van der Waals surface area (Å²) in [5.74, 6) is 0.812. The maximum atomic E-state index is 11.2. The Hall–Kier alpha value is -2.57. The third-order valence-corrected chi connectivity index (χ3v) is 4.98.